The number of halogens is 1. The second-order valence-corrected chi connectivity index (χ2v) is 5.76. The number of hydrogen-bond acceptors (Lipinski definition) is 2. The first-order chi connectivity index (χ1) is 7.95. The van der Waals surface area contributed by atoms with Crippen molar-refractivity contribution < 1.29 is 12.8 Å². The molecule has 1 atom stereocenters. The fourth-order valence-corrected chi connectivity index (χ4v) is 3.48. The molecule has 0 saturated carbocycles. The van der Waals surface area contributed by atoms with Gasteiger partial charge in [-0.05, 0) is 25.5 Å². The highest BCUT2D eigenvalue weighted by Gasteiger charge is 2.28. The van der Waals surface area contributed by atoms with Crippen LogP contribution in [0.2, 0.25) is 0 Å². The molecule has 5 heteroatoms. The lowest BCUT2D eigenvalue weighted by Crippen LogP contribution is -2.38. The third-order valence-electron chi connectivity index (χ3n) is 2.82. The predicted octanol–water partition coefficient (Wildman–Crippen LogP) is 2.63. The van der Waals surface area contributed by atoms with Crippen molar-refractivity contribution >= 4 is 10.0 Å². The van der Waals surface area contributed by atoms with Crippen molar-refractivity contribution in [1.82, 2.24) is 4.31 Å². The fraction of sp³-hybridized carbons (Fsp3) is 0.500. The zero-order chi connectivity index (χ0) is 13.1. The summed E-state index contributed by atoms with van der Waals surface area (Å²) in [6.07, 6.45) is 0.696. The van der Waals surface area contributed by atoms with E-state index >= 15 is 0 Å². The zero-order valence-electron chi connectivity index (χ0n) is 10.4. The summed E-state index contributed by atoms with van der Waals surface area (Å²) in [5.74, 6) is -0.700. The Morgan fingerprint density at radius 2 is 1.88 bits per heavy atom. The van der Waals surface area contributed by atoms with Crippen molar-refractivity contribution in [2.45, 2.75) is 38.1 Å². The maximum absolute atomic E-state index is 13.5. The van der Waals surface area contributed by atoms with Crippen LogP contribution in [-0.2, 0) is 10.0 Å². The van der Waals surface area contributed by atoms with Gasteiger partial charge in [0.05, 0.1) is 0 Å². The minimum Gasteiger partial charge on any atom is -0.207 e. The Labute approximate surface area is 102 Å². The molecule has 96 valence electrons. The summed E-state index contributed by atoms with van der Waals surface area (Å²) < 4.78 is 39.4. The van der Waals surface area contributed by atoms with Crippen molar-refractivity contribution in [1.29, 1.82) is 0 Å². The summed E-state index contributed by atoms with van der Waals surface area (Å²) in [5.41, 5.74) is 0. The van der Waals surface area contributed by atoms with Crippen LogP contribution in [0.1, 0.15) is 27.2 Å². The Balaban J connectivity index is 3.23. The van der Waals surface area contributed by atoms with E-state index in [0.717, 1.165) is 6.07 Å². The predicted molar refractivity (Wildman–Crippen MR) is 65.7 cm³/mol. The highest BCUT2D eigenvalue weighted by atomic mass is 32.2. The van der Waals surface area contributed by atoms with E-state index in [1.807, 2.05) is 13.8 Å². The number of rotatable bonds is 5. The molecule has 0 aliphatic heterocycles. The average molecular weight is 259 g/mol. The first kappa shape index (κ1) is 14.1. The maximum atomic E-state index is 13.5. The zero-order valence-corrected chi connectivity index (χ0v) is 11.2. The molecule has 1 aromatic carbocycles. The molecule has 0 amide bonds. The molecule has 0 bridgehead atoms. The molecule has 0 heterocycles. The van der Waals surface area contributed by atoms with Crippen LogP contribution >= 0.6 is 0 Å². The standard InChI is InChI=1S/C12H18FNO2S/c1-4-10(3)14(5-2)17(15,16)12-9-7-6-8-11(12)13/h6-10H,4-5H2,1-3H3. The van der Waals surface area contributed by atoms with Crippen molar-refractivity contribution in [2.75, 3.05) is 6.54 Å². The summed E-state index contributed by atoms with van der Waals surface area (Å²) in [6, 6.07) is 5.34. The van der Waals surface area contributed by atoms with E-state index in [4.69, 9.17) is 0 Å². The lowest BCUT2D eigenvalue weighted by molar-refractivity contribution is 0.341. The summed E-state index contributed by atoms with van der Waals surface area (Å²) in [6.45, 7) is 5.82. The van der Waals surface area contributed by atoms with Crippen molar-refractivity contribution in [3.63, 3.8) is 0 Å². The molecular weight excluding hydrogens is 241 g/mol. The van der Waals surface area contributed by atoms with E-state index in [9.17, 15) is 12.8 Å². The van der Waals surface area contributed by atoms with Gasteiger partial charge in [0.2, 0.25) is 10.0 Å². The van der Waals surface area contributed by atoms with Crippen molar-refractivity contribution in [3.8, 4) is 0 Å². The Hall–Kier alpha value is -0.940. The van der Waals surface area contributed by atoms with Crippen LogP contribution in [0.25, 0.3) is 0 Å². The monoisotopic (exact) mass is 259 g/mol. The quantitative estimate of drug-likeness (QED) is 0.815. The molecule has 0 aromatic heterocycles. The molecule has 0 N–H and O–H groups in total. The van der Waals surface area contributed by atoms with E-state index in [0.29, 0.717) is 13.0 Å². The van der Waals surface area contributed by atoms with E-state index in [1.165, 1.54) is 22.5 Å². The van der Waals surface area contributed by atoms with Gasteiger partial charge in [0.25, 0.3) is 0 Å². The van der Waals surface area contributed by atoms with E-state index < -0.39 is 15.8 Å². The van der Waals surface area contributed by atoms with Crippen LogP contribution < -0.4 is 0 Å². The van der Waals surface area contributed by atoms with Gasteiger partial charge in [0.1, 0.15) is 10.7 Å². The van der Waals surface area contributed by atoms with Gasteiger partial charge in [-0.25, -0.2) is 12.8 Å². The van der Waals surface area contributed by atoms with Crippen LogP contribution in [0, 0.1) is 5.82 Å². The lowest BCUT2D eigenvalue weighted by Gasteiger charge is -2.26. The van der Waals surface area contributed by atoms with Crippen LogP contribution in [0.3, 0.4) is 0 Å². The molecule has 3 nitrogen and oxygen atoms in total. The molecule has 0 radical (unpaired) electrons. The number of hydrogen-bond donors (Lipinski definition) is 0. The summed E-state index contributed by atoms with van der Waals surface area (Å²) >= 11 is 0. The number of benzene rings is 1. The molecule has 0 aliphatic carbocycles. The third kappa shape index (κ3) is 2.84. The molecule has 0 saturated heterocycles. The van der Waals surface area contributed by atoms with Gasteiger partial charge in [-0.2, -0.15) is 4.31 Å². The molecule has 17 heavy (non-hydrogen) atoms. The topological polar surface area (TPSA) is 37.4 Å². The van der Waals surface area contributed by atoms with E-state index in [2.05, 4.69) is 0 Å². The van der Waals surface area contributed by atoms with Gasteiger partial charge < -0.3 is 0 Å². The third-order valence-corrected chi connectivity index (χ3v) is 4.94. The Morgan fingerprint density at radius 3 is 2.35 bits per heavy atom. The van der Waals surface area contributed by atoms with Gasteiger partial charge >= 0.3 is 0 Å². The molecular formula is C12H18FNO2S. The van der Waals surface area contributed by atoms with Crippen molar-refractivity contribution in [2.24, 2.45) is 0 Å². The lowest BCUT2D eigenvalue weighted by atomic mass is 10.3. The first-order valence-electron chi connectivity index (χ1n) is 5.71. The Kier molecular flexibility index (Phi) is 4.65. The molecule has 1 unspecified atom stereocenters. The van der Waals surface area contributed by atoms with Gasteiger partial charge in [-0.3, -0.25) is 0 Å². The van der Waals surface area contributed by atoms with Crippen molar-refractivity contribution in [3.05, 3.63) is 30.1 Å². The summed E-state index contributed by atoms with van der Waals surface area (Å²) in [7, 11) is -3.73. The smallest absolute Gasteiger partial charge is 0.207 e. The number of sulfonamides is 1. The van der Waals surface area contributed by atoms with Gasteiger partial charge in [-0.1, -0.05) is 26.0 Å². The summed E-state index contributed by atoms with van der Waals surface area (Å²) in [5, 5.41) is 0. The second-order valence-electron chi connectivity index (χ2n) is 3.90. The molecule has 1 rings (SSSR count). The molecule has 1 aromatic rings. The van der Waals surface area contributed by atoms with Crippen LogP contribution in [0.4, 0.5) is 4.39 Å². The normalized spacial score (nSPS) is 13.9. The highest BCUT2D eigenvalue weighted by Crippen LogP contribution is 2.21. The van der Waals surface area contributed by atoms with Gasteiger partial charge in [0.15, 0.2) is 0 Å². The molecule has 0 fully saturated rings. The fourth-order valence-electron chi connectivity index (χ4n) is 1.70. The maximum Gasteiger partial charge on any atom is 0.246 e. The Bertz CT molecular complexity index is 473. The molecule has 0 aliphatic rings. The average Bonchev–Trinajstić information content (AvgIpc) is 2.29. The molecule has 0 spiro atoms. The van der Waals surface area contributed by atoms with Crippen LogP contribution in [0.15, 0.2) is 29.2 Å². The van der Waals surface area contributed by atoms with E-state index in [-0.39, 0.29) is 10.9 Å². The van der Waals surface area contributed by atoms with Crippen LogP contribution in [0.5, 0.6) is 0 Å². The van der Waals surface area contributed by atoms with Gasteiger partial charge in [0, 0.05) is 12.6 Å². The largest absolute Gasteiger partial charge is 0.246 e. The first-order valence-corrected chi connectivity index (χ1v) is 7.15. The summed E-state index contributed by atoms with van der Waals surface area (Å²) in [4.78, 5) is -0.248. The highest BCUT2D eigenvalue weighted by molar-refractivity contribution is 7.89. The number of nitrogens with zero attached hydrogens (tertiary/aromatic N) is 1. The SMILES string of the molecule is CCC(C)N(CC)S(=O)(=O)c1ccccc1F. The van der Waals surface area contributed by atoms with E-state index in [1.54, 1.807) is 6.92 Å². The minimum atomic E-state index is -3.73. The Morgan fingerprint density at radius 1 is 1.29 bits per heavy atom. The minimum absolute atomic E-state index is 0.135. The van der Waals surface area contributed by atoms with Gasteiger partial charge in [-0.15, -0.1) is 0 Å². The second kappa shape index (κ2) is 5.60. The van der Waals surface area contributed by atoms with Crippen LogP contribution in [-0.4, -0.2) is 25.3 Å².